The molecule has 0 aromatic carbocycles. The number of amides is 1. The zero-order chi connectivity index (χ0) is 11.1. The van der Waals surface area contributed by atoms with E-state index in [1.807, 2.05) is 16.7 Å². The molecule has 0 radical (unpaired) electrons. The van der Waals surface area contributed by atoms with Crippen LogP contribution in [0.2, 0.25) is 0 Å². The summed E-state index contributed by atoms with van der Waals surface area (Å²) in [6.45, 7) is 4.77. The molecule has 0 aliphatic carbocycles. The lowest BCUT2D eigenvalue weighted by Gasteiger charge is -2.29. The van der Waals surface area contributed by atoms with Crippen molar-refractivity contribution in [2.45, 2.75) is 19.4 Å². The normalized spacial score (nSPS) is 18.9. The molecule has 88 valence electrons. The number of morpholine rings is 1. The Bertz CT molecular complexity index is 196. The maximum atomic E-state index is 11.8. The molecule has 1 aliphatic rings. The number of rotatable bonds is 5. The molecule has 0 bridgehead atoms. The zero-order valence-corrected chi connectivity index (χ0v) is 10.1. The maximum absolute atomic E-state index is 11.8. The summed E-state index contributed by atoms with van der Waals surface area (Å²) >= 11 is 1.83. The molecular formula is C10H20N2O2S. The summed E-state index contributed by atoms with van der Waals surface area (Å²) < 4.78 is 5.19. The van der Waals surface area contributed by atoms with E-state index in [4.69, 9.17) is 10.5 Å². The van der Waals surface area contributed by atoms with Crippen LogP contribution in [0.25, 0.3) is 0 Å². The number of hydrogen-bond donors (Lipinski definition) is 1. The van der Waals surface area contributed by atoms with E-state index in [0.29, 0.717) is 26.3 Å². The van der Waals surface area contributed by atoms with Crippen LogP contribution >= 0.6 is 11.8 Å². The van der Waals surface area contributed by atoms with Crippen molar-refractivity contribution < 1.29 is 9.53 Å². The first-order chi connectivity index (χ1) is 7.25. The first-order valence-electron chi connectivity index (χ1n) is 5.45. The van der Waals surface area contributed by atoms with Crippen LogP contribution in [0, 0.1) is 0 Å². The van der Waals surface area contributed by atoms with Crippen LogP contribution in [0.3, 0.4) is 0 Å². The third-order valence-corrected chi connectivity index (χ3v) is 3.35. The Morgan fingerprint density at radius 3 is 2.80 bits per heavy atom. The molecule has 1 saturated heterocycles. The highest BCUT2D eigenvalue weighted by Gasteiger charge is 2.22. The van der Waals surface area contributed by atoms with E-state index in [-0.39, 0.29) is 11.9 Å². The average Bonchev–Trinajstić information content (AvgIpc) is 2.29. The molecule has 1 atom stereocenters. The summed E-state index contributed by atoms with van der Waals surface area (Å²) in [5.41, 5.74) is 5.84. The van der Waals surface area contributed by atoms with Crippen molar-refractivity contribution in [3.8, 4) is 0 Å². The van der Waals surface area contributed by atoms with Gasteiger partial charge in [-0.15, -0.1) is 0 Å². The number of nitrogens with zero attached hydrogens (tertiary/aromatic N) is 1. The number of thioether (sulfide) groups is 1. The third kappa shape index (κ3) is 4.40. The Labute approximate surface area is 95.5 Å². The van der Waals surface area contributed by atoms with Gasteiger partial charge in [0.2, 0.25) is 5.91 Å². The molecule has 1 fully saturated rings. The molecule has 4 nitrogen and oxygen atoms in total. The van der Waals surface area contributed by atoms with Crippen LogP contribution in [0.5, 0.6) is 0 Å². The van der Waals surface area contributed by atoms with Crippen molar-refractivity contribution >= 4 is 17.7 Å². The van der Waals surface area contributed by atoms with E-state index < -0.39 is 0 Å². The van der Waals surface area contributed by atoms with Crippen LogP contribution in [-0.4, -0.2) is 54.7 Å². The van der Waals surface area contributed by atoms with Crippen molar-refractivity contribution in [2.75, 3.05) is 37.8 Å². The molecule has 1 amide bonds. The smallest absolute Gasteiger partial charge is 0.239 e. The van der Waals surface area contributed by atoms with Gasteiger partial charge in [-0.1, -0.05) is 6.92 Å². The van der Waals surface area contributed by atoms with Gasteiger partial charge in [-0.3, -0.25) is 4.79 Å². The Morgan fingerprint density at radius 2 is 2.20 bits per heavy atom. The second-order valence-corrected chi connectivity index (χ2v) is 4.92. The topological polar surface area (TPSA) is 55.6 Å². The first kappa shape index (κ1) is 12.8. The van der Waals surface area contributed by atoms with E-state index in [0.717, 1.165) is 17.9 Å². The van der Waals surface area contributed by atoms with Crippen LogP contribution in [0.4, 0.5) is 0 Å². The minimum atomic E-state index is -0.331. The van der Waals surface area contributed by atoms with Crippen molar-refractivity contribution in [3.05, 3.63) is 0 Å². The number of carbonyl (C=O) groups excluding carboxylic acids is 1. The van der Waals surface area contributed by atoms with E-state index in [1.165, 1.54) is 0 Å². The number of ether oxygens (including phenoxy) is 1. The predicted molar refractivity (Wildman–Crippen MR) is 63.0 cm³/mol. The highest BCUT2D eigenvalue weighted by Crippen LogP contribution is 2.06. The lowest BCUT2D eigenvalue weighted by molar-refractivity contribution is -0.136. The number of hydrogen-bond acceptors (Lipinski definition) is 4. The molecule has 5 heteroatoms. The van der Waals surface area contributed by atoms with Crippen molar-refractivity contribution in [1.29, 1.82) is 0 Å². The van der Waals surface area contributed by atoms with E-state index in [9.17, 15) is 4.79 Å². The van der Waals surface area contributed by atoms with Gasteiger partial charge in [0, 0.05) is 13.1 Å². The fraction of sp³-hybridized carbons (Fsp3) is 0.900. The Kier molecular flexibility index (Phi) is 6.05. The SMILES string of the molecule is CCSCC[C@H](N)C(=O)N1CCOCC1. The highest BCUT2D eigenvalue weighted by molar-refractivity contribution is 7.99. The third-order valence-electron chi connectivity index (χ3n) is 2.42. The zero-order valence-electron chi connectivity index (χ0n) is 9.28. The van der Waals surface area contributed by atoms with Crippen molar-refractivity contribution in [1.82, 2.24) is 4.90 Å². The fourth-order valence-electron chi connectivity index (χ4n) is 1.50. The molecule has 1 heterocycles. The second kappa shape index (κ2) is 7.09. The first-order valence-corrected chi connectivity index (χ1v) is 6.61. The van der Waals surface area contributed by atoms with Crippen LogP contribution in [0.1, 0.15) is 13.3 Å². The van der Waals surface area contributed by atoms with Gasteiger partial charge in [-0.2, -0.15) is 11.8 Å². The van der Waals surface area contributed by atoms with Gasteiger partial charge < -0.3 is 15.4 Å². The Morgan fingerprint density at radius 1 is 1.53 bits per heavy atom. The molecule has 1 rings (SSSR count). The van der Waals surface area contributed by atoms with E-state index in [2.05, 4.69) is 6.92 Å². The summed E-state index contributed by atoms with van der Waals surface area (Å²) in [4.78, 5) is 13.6. The summed E-state index contributed by atoms with van der Waals surface area (Å²) in [5.74, 6) is 2.13. The van der Waals surface area contributed by atoms with Crippen LogP contribution in [-0.2, 0) is 9.53 Å². The Balaban J connectivity index is 2.24. The van der Waals surface area contributed by atoms with Crippen molar-refractivity contribution in [3.63, 3.8) is 0 Å². The van der Waals surface area contributed by atoms with Crippen LogP contribution < -0.4 is 5.73 Å². The van der Waals surface area contributed by atoms with Gasteiger partial charge in [0.1, 0.15) is 0 Å². The monoisotopic (exact) mass is 232 g/mol. The van der Waals surface area contributed by atoms with Gasteiger partial charge in [-0.25, -0.2) is 0 Å². The maximum Gasteiger partial charge on any atom is 0.239 e. The average molecular weight is 232 g/mol. The van der Waals surface area contributed by atoms with Gasteiger partial charge in [-0.05, 0) is 17.9 Å². The molecule has 2 N–H and O–H groups in total. The molecule has 1 aliphatic heterocycles. The van der Waals surface area contributed by atoms with Gasteiger partial charge in [0.15, 0.2) is 0 Å². The lowest BCUT2D eigenvalue weighted by Crippen LogP contribution is -2.48. The minimum Gasteiger partial charge on any atom is -0.378 e. The molecule has 0 aromatic heterocycles. The number of carbonyl (C=O) groups is 1. The standard InChI is InChI=1S/C10H20N2O2S/c1-2-15-8-3-9(11)10(13)12-4-6-14-7-5-12/h9H,2-8,11H2,1H3/t9-/m0/s1. The predicted octanol–water partition coefficient (Wildman–Crippen LogP) is 0.316. The Hall–Kier alpha value is -0.260. The van der Waals surface area contributed by atoms with Gasteiger partial charge >= 0.3 is 0 Å². The van der Waals surface area contributed by atoms with Crippen molar-refractivity contribution in [2.24, 2.45) is 5.73 Å². The summed E-state index contributed by atoms with van der Waals surface area (Å²) in [5, 5.41) is 0. The molecular weight excluding hydrogens is 212 g/mol. The minimum absolute atomic E-state index is 0.0787. The quantitative estimate of drug-likeness (QED) is 0.693. The molecule has 0 unspecified atom stereocenters. The molecule has 0 spiro atoms. The van der Waals surface area contributed by atoms with Gasteiger partial charge in [0.25, 0.3) is 0 Å². The van der Waals surface area contributed by atoms with E-state index in [1.54, 1.807) is 0 Å². The van der Waals surface area contributed by atoms with Gasteiger partial charge in [0.05, 0.1) is 19.3 Å². The fourth-order valence-corrected chi connectivity index (χ4v) is 2.21. The molecule has 15 heavy (non-hydrogen) atoms. The molecule has 0 aromatic rings. The largest absolute Gasteiger partial charge is 0.378 e. The molecule has 0 saturated carbocycles. The second-order valence-electron chi connectivity index (χ2n) is 3.53. The summed E-state index contributed by atoms with van der Waals surface area (Å²) in [6, 6.07) is -0.331. The lowest BCUT2D eigenvalue weighted by atomic mass is 10.2. The van der Waals surface area contributed by atoms with E-state index >= 15 is 0 Å². The number of nitrogens with two attached hydrogens (primary N) is 1. The van der Waals surface area contributed by atoms with Crippen LogP contribution in [0.15, 0.2) is 0 Å². The summed E-state index contributed by atoms with van der Waals surface area (Å²) in [7, 11) is 0. The highest BCUT2D eigenvalue weighted by atomic mass is 32.2. The summed E-state index contributed by atoms with van der Waals surface area (Å²) in [6.07, 6.45) is 0.773.